The fraction of sp³-hybridized carbons (Fsp3) is 0.452. The van der Waals surface area contributed by atoms with Crippen molar-refractivity contribution in [2.45, 2.75) is 168 Å². The summed E-state index contributed by atoms with van der Waals surface area (Å²) >= 11 is 0. The number of ether oxygens (including phenoxy) is 1. The first-order valence-electron chi connectivity index (χ1n) is 37.3. The van der Waals surface area contributed by atoms with Gasteiger partial charge in [0.2, 0.25) is 41.5 Å². The molecule has 3 heterocycles. The van der Waals surface area contributed by atoms with Gasteiger partial charge in [0.25, 0.3) is 0 Å². The molecule has 0 saturated heterocycles. The van der Waals surface area contributed by atoms with Crippen LogP contribution in [0.2, 0.25) is 0 Å². The number of hydrogen-bond acceptors (Lipinski definition) is 23. The van der Waals surface area contributed by atoms with Crippen LogP contribution in [0.3, 0.4) is 0 Å². The first kappa shape index (κ1) is 100. The Bertz CT molecular complexity index is 4580. The van der Waals surface area contributed by atoms with Gasteiger partial charge in [0.1, 0.15) is 35.1 Å². The Kier molecular flexibility index (Phi) is 44.4. The molecule has 6 aromatic rings. The molecule has 0 unspecified atom stereocenters. The van der Waals surface area contributed by atoms with Gasteiger partial charge in [0.15, 0.2) is 0 Å². The second-order valence-corrected chi connectivity index (χ2v) is 28.7. The fourth-order valence-electron chi connectivity index (χ4n) is 12.1. The molecule has 31 heteroatoms. The van der Waals surface area contributed by atoms with Gasteiger partial charge in [-0.05, 0) is 175 Å². The summed E-state index contributed by atoms with van der Waals surface area (Å²) < 4.78 is 5.37. The first-order valence-corrected chi connectivity index (χ1v) is 37.3. The van der Waals surface area contributed by atoms with Crippen LogP contribution >= 0.6 is 0 Å². The van der Waals surface area contributed by atoms with Crippen molar-refractivity contribution in [3.8, 4) is 53.7 Å². The van der Waals surface area contributed by atoms with Crippen LogP contribution in [0.25, 0.3) is 0 Å². The molecule has 3 aromatic heterocycles. The van der Waals surface area contributed by atoms with Gasteiger partial charge in [-0.1, -0.05) is 86.5 Å². The summed E-state index contributed by atoms with van der Waals surface area (Å²) in [5.74, 6) is 22.6. The van der Waals surface area contributed by atoms with Gasteiger partial charge in [-0.2, -0.15) is 30.7 Å². The average molecular weight is 2240 g/mol. The molecular weight excluding hydrogens is 2130 g/mol. The van der Waals surface area contributed by atoms with Crippen LogP contribution in [-0.4, -0.2) is 179 Å². The summed E-state index contributed by atoms with van der Waals surface area (Å²) in [4.78, 5) is 94.1. The molecule has 9 rings (SSSR count). The predicted molar refractivity (Wildman–Crippen MR) is 439 cm³/mol. The van der Waals surface area contributed by atoms with Crippen molar-refractivity contribution in [1.82, 2.24) is 65.9 Å². The third-order valence-corrected chi connectivity index (χ3v) is 18.6. The van der Waals surface area contributed by atoms with Crippen molar-refractivity contribution in [2.24, 2.45) is 17.8 Å². The van der Waals surface area contributed by atoms with Crippen molar-refractivity contribution in [1.29, 1.82) is 15.8 Å². The van der Waals surface area contributed by atoms with Crippen LogP contribution < -0.4 is 53.2 Å². The van der Waals surface area contributed by atoms with E-state index >= 15 is 0 Å². The molecular formula is C84H108N22O6U3. The Morgan fingerprint density at radius 2 is 0.861 bits per heavy atom. The van der Waals surface area contributed by atoms with E-state index in [0.717, 1.165) is 99.7 Å². The number of nitrogens with zero attached hydrogens (tertiary/aromatic N) is 12. The number of rotatable bonds is 21. The van der Waals surface area contributed by atoms with Crippen molar-refractivity contribution in [3.63, 3.8) is 0 Å². The van der Waals surface area contributed by atoms with Crippen LogP contribution in [-0.2, 0) is 23.9 Å². The van der Waals surface area contributed by atoms with Gasteiger partial charge in [-0.25, -0.2) is 19.7 Å². The van der Waals surface area contributed by atoms with Gasteiger partial charge in [-0.15, -0.1) is 0 Å². The zero-order chi connectivity index (χ0) is 80.6. The number of likely N-dealkylation sites (N-methyl/N-ethyl adjacent to an activating group) is 4. The number of benzene rings is 3. The van der Waals surface area contributed by atoms with Crippen molar-refractivity contribution in [3.05, 3.63) is 137 Å². The summed E-state index contributed by atoms with van der Waals surface area (Å²) in [6, 6.07) is 26.4. The van der Waals surface area contributed by atoms with Gasteiger partial charge in [-0.3, -0.25) is 24.1 Å². The molecule has 3 aliphatic carbocycles. The van der Waals surface area contributed by atoms with Crippen LogP contribution in [0.5, 0.6) is 0 Å². The third kappa shape index (κ3) is 33.5. The minimum absolute atomic E-state index is 0. The standard InChI is InChI=1S/C30H38N8O2.C29H37N7O3.C24H29N7O.CH4.3U/c1-21(38(5)27(39)13-8-16-37(3)4)29(40)34-25-11-6-9-22(17-25)14-15-24-20-33-30(36-28(24)32-2)35-26-12-7-10-23(18-26)19-31;1-19(36(6)28(38)39-29(2,3)4)26(37)33-23-11-7-9-20(15-23)13-14-22-18-32-27(35-25(22)31-5)34-24-12-8-10-21(16-24)17-30;1-16(26-2)23(32)29-20-8-4-6-17(12-20)10-11-19-15-28-24(31-22(19)27-3)30-21-9-5-7-18(13-21)14-25;;;;/h7-8,10,12-13,18,20-22,25H,6,9,11,16-17H2,1-5H3,(H,34,40)(H2,32,33,35,36);8,10,12,16,18-20,23H,7,9,11,15H2,1-6H3,(H,33,37)(H2,31,32,34,35);5,7,9,13,15-17,20,26H,4,6,8,12H2,1-3H3,(H,29,32)(H2,27,28,30,31);1H4;;;/b13-8+;;;;;;/t21-,22-,25-;19-,20-,23-;16-,17-,20-;;;;/m000..../s1. The van der Waals surface area contributed by atoms with Gasteiger partial charge < -0.3 is 67.7 Å². The molecule has 28 nitrogen and oxygen atoms in total. The minimum Gasteiger partial charge on any atom is -0.444 e. The summed E-state index contributed by atoms with van der Waals surface area (Å²) in [6.07, 6.45) is 18.7. The van der Waals surface area contributed by atoms with Gasteiger partial charge >= 0.3 is 6.09 Å². The maximum absolute atomic E-state index is 12.9. The number of carbonyl (C=O) groups excluding carboxylic acids is 5. The molecule has 0 bridgehead atoms. The van der Waals surface area contributed by atoms with E-state index in [2.05, 4.69) is 137 Å². The zero-order valence-corrected chi connectivity index (χ0v) is 80.0. The van der Waals surface area contributed by atoms with Crippen LogP contribution in [0, 0.1) is 181 Å². The van der Waals surface area contributed by atoms with Crippen LogP contribution in [0.15, 0.2) is 104 Å². The van der Waals surface area contributed by atoms with E-state index in [1.807, 2.05) is 44.1 Å². The molecule has 0 spiro atoms. The molecule has 0 aliphatic heterocycles. The molecule has 9 atom stereocenters. The SMILES string of the molecule is C.CNc1nc(Nc2cccc(C#N)c2)ncc1C#C[C@@H]1CCC[C@H](NC(=O)[C@H](C)N(C)C(=O)/C=C/CN(C)C)C1.CNc1nc(Nc2cccc(C#N)c2)ncc1C#C[C@@H]1CCC[C@H](NC(=O)[C@H](C)N(C)C(=O)OC(C)(C)C)C1.CNc1nc(Nc2cccc(C#N)c2)ncc1C#C[C@@H]1CCC[C@H](NC(=O)[C@H](C)NC)C1.[U].[U].[U]. The Labute approximate surface area is 750 Å². The Morgan fingerprint density at radius 3 is 1.17 bits per heavy atom. The van der Waals surface area contributed by atoms with E-state index in [1.54, 1.807) is 156 Å². The predicted octanol–water partition coefficient (Wildman–Crippen LogP) is 10.9. The van der Waals surface area contributed by atoms with Gasteiger partial charge in [0, 0.05) is 194 Å². The number of anilines is 9. The third-order valence-electron chi connectivity index (χ3n) is 18.6. The first-order chi connectivity index (χ1) is 53.2. The van der Waals surface area contributed by atoms with Gasteiger partial charge in [0.05, 0.1) is 76.2 Å². The largest absolute Gasteiger partial charge is 0.444 e. The minimum atomic E-state index is -0.656. The number of nitriles is 3. The molecule has 3 aliphatic rings. The topological polar surface area (TPSA) is 373 Å². The average Bonchev–Trinajstić information content (AvgIpc) is 0.851. The monoisotopic (exact) mass is 2240 g/mol. The molecule has 3 aromatic carbocycles. The second kappa shape index (κ2) is 51.0. The van der Waals surface area contributed by atoms with E-state index in [0.29, 0.717) is 69.7 Å². The Balaban J connectivity index is 0.000000441. The number of aromatic nitrogens is 6. The molecule has 115 heavy (non-hydrogen) atoms. The van der Waals surface area contributed by atoms with Crippen LogP contribution in [0.1, 0.15) is 159 Å². The van der Waals surface area contributed by atoms with E-state index in [-0.39, 0.29) is 166 Å². The molecule has 0 radical (unpaired) electrons. The molecule has 10 N–H and O–H groups in total. The Morgan fingerprint density at radius 1 is 0.522 bits per heavy atom. The number of amides is 5. The fourth-order valence-corrected chi connectivity index (χ4v) is 12.1. The van der Waals surface area contributed by atoms with Crippen molar-refractivity contribution in [2.75, 3.05) is 94.8 Å². The summed E-state index contributed by atoms with van der Waals surface area (Å²) in [7, 11) is 14.2. The summed E-state index contributed by atoms with van der Waals surface area (Å²) in [5, 5.41) is 58.1. The van der Waals surface area contributed by atoms with Crippen LogP contribution in [0.4, 0.5) is 57.2 Å². The smallest absolute Gasteiger partial charge is 0.410 e. The normalized spacial score (nSPS) is 17.1. The molecule has 3 saturated carbocycles. The maximum atomic E-state index is 12.9. The van der Waals surface area contributed by atoms with E-state index < -0.39 is 23.8 Å². The zero-order valence-electron chi connectivity index (χ0n) is 67.5. The second-order valence-electron chi connectivity index (χ2n) is 28.7. The molecule has 5 amide bonds. The van der Waals surface area contributed by atoms with E-state index in [4.69, 9.17) is 20.5 Å². The van der Waals surface area contributed by atoms with Crippen molar-refractivity contribution >= 4 is 82.1 Å². The maximum Gasteiger partial charge on any atom is 0.410 e. The quantitative estimate of drug-likeness (QED) is 0.0236. The number of hydrogen-bond donors (Lipinski definition) is 10. The summed E-state index contributed by atoms with van der Waals surface area (Å²) in [6.45, 7) is 11.3. The number of carbonyl (C=O) groups is 5. The summed E-state index contributed by atoms with van der Waals surface area (Å²) in [5.41, 5.74) is 5.29. The molecule has 602 valence electrons. The van der Waals surface area contributed by atoms with Crippen molar-refractivity contribution < 1.29 is 122 Å². The van der Waals surface area contributed by atoms with E-state index in [1.165, 1.54) is 15.9 Å². The Hall–Kier alpha value is -9.18. The number of nitrogens with one attached hydrogen (secondary N) is 10. The molecule has 3 fully saturated rings. The van der Waals surface area contributed by atoms with E-state index in [9.17, 15) is 24.0 Å².